The highest BCUT2D eigenvalue weighted by atomic mass is 79.9. The molecule has 4 heteroatoms. The Morgan fingerprint density at radius 3 is 0.959 bits per heavy atom. The third kappa shape index (κ3) is 6.73. The molecule has 0 spiro atoms. The van der Waals surface area contributed by atoms with Crippen molar-refractivity contribution in [1.29, 1.82) is 0 Å². The van der Waals surface area contributed by atoms with E-state index < -0.39 is 0 Å². The Morgan fingerprint density at radius 1 is 0.245 bits per heavy atom. The Hall–Kier alpha value is -5.97. The molecular weight excluding hydrogens is 662 g/mol. The van der Waals surface area contributed by atoms with Crippen molar-refractivity contribution in [1.82, 2.24) is 15.0 Å². The first-order chi connectivity index (χ1) is 24.2. The number of aromatic nitrogens is 3. The SMILES string of the molecule is Brc1ccc(-c2ccc(-c3cccc(-c4nc(-c5ccc(-c6ccccc6)cc5)nc(-c5ccc(-c6ccccc6)cc5)n4)c3)cc2)cc1. The van der Waals surface area contributed by atoms with E-state index in [9.17, 15) is 0 Å². The first kappa shape index (κ1) is 30.4. The third-order valence-corrected chi connectivity index (χ3v) is 9.18. The van der Waals surface area contributed by atoms with Crippen molar-refractivity contribution in [3.8, 4) is 78.7 Å². The minimum absolute atomic E-state index is 0.632. The Labute approximate surface area is 294 Å². The fraction of sp³-hybridized carbons (Fsp3) is 0. The molecule has 0 saturated carbocycles. The summed E-state index contributed by atoms with van der Waals surface area (Å²) in [5, 5.41) is 0. The van der Waals surface area contributed by atoms with Crippen LogP contribution in [0.25, 0.3) is 78.7 Å². The summed E-state index contributed by atoms with van der Waals surface area (Å²) in [6.45, 7) is 0. The molecule has 0 N–H and O–H groups in total. The fourth-order valence-electron chi connectivity index (χ4n) is 5.98. The van der Waals surface area contributed by atoms with E-state index in [1.807, 2.05) is 12.1 Å². The topological polar surface area (TPSA) is 38.7 Å². The summed E-state index contributed by atoms with van der Waals surface area (Å²) >= 11 is 3.53. The van der Waals surface area contributed by atoms with Gasteiger partial charge in [-0.1, -0.05) is 180 Å². The molecule has 0 bridgehead atoms. The van der Waals surface area contributed by atoms with Crippen molar-refractivity contribution in [2.24, 2.45) is 0 Å². The first-order valence-electron chi connectivity index (χ1n) is 16.2. The smallest absolute Gasteiger partial charge is 0.164 e. The molecule has 0 saturated heterocycles. The summed E-state index contributed by atoms with van der Waals surface area (Å²) in [6, 6.07) is 63.1. The van der Waals surface area contributed by atoms with Crippen molar-refractivity contribution in [2.45, 2.75) is 0 Å². The van der Waals surface area contributed by atoms with Crippen LogP contribution in [0.4, 0.5) is 0 Å². The Morgan fingerprint density at radius 2 is 0.531 bits per heavy atom. The highest BCUT2D eigenvalue weighted by molar-refractivity contribution is 9.10. The van der Waals surface area contributed by atoms with Gasteiger partial charge in [-0.05, 0) is 62.7 Å². The summed E-state index contributed by atoms with van der Waals surface area (Å²) in [5.74, 6) is 1.90. The van der Waals surface area contributed by atoms with Crippen LogP contribution < -0.4 is 0 Å². The van der Waals surface area contributed by atoms with Gasteiger partial charge in [0.1, 0.15) is 0 Å². The predicted molar refractivity (Wildman–Crippen MR) is 206 cm³/mol. The molecule has 0 amide bonds. The van der Waals surface area contributed by atoms with Crippen LogP contribution in [0.3, 0.4) is 0 Å². The van der Waals surface area contributed by atoms with Gasteiger partial charge in [-0.25, -0.2) is 15.0 Å². The van der Waals surface area contributed by atoms with Crippen LogP contribution in [0, 0.1) is 0 Å². The second-order valence-electron chi connectivity index (χ2n) is 11.9. The van der Waals surface area contributed by atoms with E-state index in [1.165, 1.54) is 22.3 Å². The number of rotatable bonds is 7. The quantitative estimate of drug-likeness (QED) is 0.167. The van der Waals surface area contributed by atoms with Gasteiger partial charge in [0.15, 0.2) is 17.5 Å². The van der Waals surface area contributed by atoms with Gasteiger partial charge >= 0.3 is 0 Å². The van der Waals surface area contributed by atoms with Gasteiger partial charge < -0.3 is 0 Å². The lowest BCUT2D eigenvalue weighted by atomic mass is 9.99. The van der Waals surface area contributed by atoms with Crippen LogP contribution in [0.2, 0.25) is 0 Å². The molecule has 0 atom stereocenters. The summed E-state index contributed by atoms with van der Waals surface area (Å²) in [4.78, 5) is 15.1. The summed E-state index contributed by atoms with van der Waals surface area (Å²) < 4.78 is 1.07. The second-order valence-corrected chi connectivity index (χ2v) is 12.8. The molecule has 0 aliphatic rings. The summed E-state index contributed by atoms with van der Waals surface area (Å²) in [6.07, 6.45) is 0. The maximum Gasteiger partial charge on any atom is 0.164 e. The van der Waals surface area contributed by atoms with Crippen molar-refractivity contribution in [3.63, 3.8) is 0 Å². The molecule has 232 valence electrons. The first-order valence-corrected chi connectivity index (χ1v) is 17.0. The largest absolute Gasteiger partial charge is 0.208 e. The van der Waals surface area contributed by atoms with Crippen molar-refractivity contribution >= 4 is 15.9 Å². The lowest BCUT2D eigenvalue weighted by molar-refractivity contribution is 1.07. The molecule has 49 heavy (non-hydrogen) atoms. The molecule has 0 radical (unpaired) electrons. The average Bonchev–Trinajstić information content (AvgIpc) is 3.19. The summed E-state index contributed by atoms with van der Waals surface area (Å²) in [5.41, 5.74) is 12.0. The van der Waals surface area contributed by atoms with Gasteiger partial charge in [-0.3, -0.25) is 0 Å². The van der Waals surface area contributed by atoms with Crippen molar-refractivity contribution in [3.05, 3.63) is 186 Å². The average molecular weight is 693 g/mol. The predicted octanol–water partition coefficient (Wildman–Crippen LogP) is 12.3. The Balaban J connectivity index is 1.17. The van der Waals surface area contributed by atoms with E-state index >= 15 is 0 Å². The van der Waals surface area contributed by atoms with E-state index in [-0.39, 0.29) is 0 Å². The molecule has 1 aromatic heterocycles. The number of hydrogen-bond donors (Lipinski definition) is 0. The minimum atomic E-state index is 0.632. The van der Waals surface area contributed by atoms with Gasteiger partial charge in [-0.15, -0.1) is 0 Å². The monoisotopic (exact) mass is 691 g/mol. The maximum absolute atomic E-state index is 5.04. The normalized spacial score (nSPS) is 11.0. The van der Waals surface area contributed by atoms with Gasteiger partial charge in [0, 0.05) is 21.2 Å². The standard InChI is InChI=1S/C45H30BrN3/c46-42-28-26-36(27-29-42)35-14-16-37(17-15-35)40-12-7-13-41(30-40)45-48-43(38-22-18-33(19-23-38)31-8-3-1-4-9-31)47-44(49-45)39-24-20-34(21-25-39)32-10-5-2-6-11-32/h1-30H. The minimum Gasteiger partial charge on any atom is -0.208 e. The van der Waals surface area contributed by atoms with Gasteiger partial charge in [-0.2, -0.15) is 0 Å². The number of hydrogen-bond acceptors (Lipinski definition) is 3. The lowest BCUT2D eigenvalue weighted by Crippen LogP contribution is -2.00. The highest BCUT2D eigenvalue weighted by Gasteiger charge is 2.14. The van der Waals surface area contributed by atoms with E-state index in [4.69, 9.17) is 15.0 Å². The van der Waals surface area contributed by atoms with Crippen LogP contribution in [0.15, 0.2) is 186 Å². The van der Waals surface area contributed by atoms with Crippen LogP contribution >= 0.6 is 15.9 Å². The van der Waals surface area contributed by atoms with Crippen molar-refractivity contribution in [2.75, 3.05) is 0 Å². The molecular formula is C45H30BrN3. The molecule has 0 unspecified atom stereocenters. The van der Waals surface area contributed by atoms with E-state index in [0.717, 1.165) is 43.4 Å². The molecule has 0 fully saturated rings. The molecule has 3 nitrogen and oxygen atoms in total. The van der Waals surface area contributed by atoms with Crippen molar-refractivity contribution < 1.29 is 0 Å². The fourth-order valence-corrected chi connectivity index (χ4v) is 6.25. The number of benzene rings is 7. The van der Waals surface area contributed by atoms with E-state index in [1.54, 1.807) is 0 Å². The van der Waals surface area contributed by atoms with Crippen LogP contribution in [-0.4, -0.2) is 15.0 Å². The zero-order valence-corrected chi connectivity index (χ0v) is 28.1. The third-order valence-electron chi connectivity index (χ3n) is 8.65. The second kappa shape index (κ2) is 13.6. The maximum atomic E-state index is 5.04. The van der Waals surface area contributed by atoms with Gasteiger partial charge in [0.2, 0.25) is 0 Å². The molecule has 0 aliphatic carbocycles. The van der Waals surface area contributed by atoms with Crippen LogP contribution in [0.1, 0.15) is 0 Å². The molecule has 7 aromatic carbocycles. The zero-order valence-electron chi connectivity index (χ0n) is 26.5. The van der Waals surface area contributed by atoms with E-state index in [0.29, 0.717) is 17.5 Å². The zero-order chi connectivity index (χ0) is 33.0. The molecule has 8 aromatic rings. The lowest BCUT2D eigenvalue weighted by Gasteiger charge is -2.11. The Bertz CT molecular complexity index is 2230. The van der Waals surface area contributed by atoms with E-state index in [2.05, 4.69) is 186 Å². The Kier molecular flexibility index (Phi) is 8.45. The highest BCUT2D eigenvalue weighted by Crippen LogP contribution is 2.31. The number of halogens is 1. The number of nitrogens with zero attached hydrogens (tertiary/aromatic N) is 3. The molecule has 1 heterocycles. The molecule has 0 aliphatic heterocycles. The summed E-state index contributed by atoms with van der Waals surface area (Å²) in [7, 11) is 0. The van der Waals surface area contributed by atoms with Crippen LogP contribution in [-0.2, 0) is 0 Å². The van der Waals surface area contributed by atoms with Gasteiger partial charge in [0.05, 0.1) is 0 Å². The molecule has 8 rings (SSSR count). The van der Waals surface area contributed by atoms with Gasteiger partial charge in [0.25, 0.3) is 0 Å². The van der Waals surface area contributed by atoms with Crippen LogP contribution in [0.5, 0.6) is 0 Å².